The van der Waals surface area contributed by atoms with Gasteiger partial charge in [0.1, 0.15) is 0 Å². The maximum atomic E-state index is 5.10. The van der Waals surface area contributed by atoms with E-state index in [2.05, 4.69) is 491 Å². The molecule has 28 rings (SSSR count). The van der Waals surface area contributed by atoms with Crippen LogP contribution in [0.1, 0.15) is 0 Å². The van der Waals surface area contributed by atoms with Crippen molar-refractivity contribution in [3.63, 3.8) is 0 Å². The third-order valence-corrected chi connectivity index (χ3v) is 28.2. The Balaban J connectivity index is 0.000000113. The molecule has 0 radical (unpaired) electrons. The number of benzene rings is 21. The summed E-state index contributed by atoms with van der Waals surface area (Å²) in [5.74, 6) is 2.15. The highest BCUT2D eigenvalue weighted by molar-refractivity contribution is 6.13. The maximum Gasteiger partial charge on any atom is 0.160 e. The molecule has 0 amide bonds. The van der Waals surface area contributed by atoms with Crippen LogP contribution in [0.3, 0.4) is 0 Å². The number of hydrogen-bond donors (Lipinski definition) is 0. The molecule has 7 heterocycles. The SMILES string of the molecule is c1ccc(-c2cc(-c3ccc(-c4cc(-n5c6ccccc6c6ccccc65)cc(-n5c6ccccc6c6ccccc65)c4)cc3)nc(-c3ccccc3)n2)cc1.c1ccc(-c2cc(-c3ccc(-c4ccc(-n5c6ccccc6c6ccccc65)cc4)cc3)nc(-c3ccccc3)n2)cc1.c1ccc(-c2ccc(-c3cc(-c4ccc(-c5ccc(-n6c7ccccc7c7ccccc76)cc5)cc4)nc(-c4ccccc4)n3)cc2)cc1. The Morgan fingerprint density at radius 2 is 0.250 bits per heavy atom. The molecule has 0 unspecified atom stereocenters. The molecule has 148 heavy (non-hydrogen) atoms. The first-order valence-corrected chi connectivity index (χ1v) is 50.1. The lowest BCUT2D eigenvalue weighted by Gasteiger charge is -2.16. The fourth-order valence-electron chi connectivity index (χ4n) is 21.0. The van der Waals surface area contributed by atoms with Crippen molar-refractivity contribution in [3.8, 4) is 169 Å². The predicted octanol–water partition coefficient (Wildman–Crippen LogP) is 35.5. The number of para-hydroxylation sites is 8. The van der Waals surface area contributed by atoms with Crippen LogP contribution in [0.4, 0.5) is 0 Å². The first kappa shape index (κ1) is 88.2. The quantitative estimate of drug-likeness (QED) is 0.0901. The summed E-state index contributed by atoms with van der Waals surface area (Å²) in [7, 11) is 0. The topological polar surface area (TPSA) is 97.1 Å². The largest absolute Gasteiger partial charge is 0.309 e. The summed E-state index contributed by atoms with van der Waals surface area (Å²) < 4.78 is 9.53. The van der Waals surface area contributed by atoms with Crippen LogP contribution in [0.5, 0.6) is 0 Å². The van der Waals surface area contributed by atoms with Gasteiger partial charge in [-0.1, -0.05) is 449 Å². The molecule has 0 spiro atoms. The molecular formula is C138H92N10. The van der Waals surface area contributed by atoms with E-state index in [0.29, 0.717) is 11.6 Å². The smallest absolute Gasteiger partial charge is 0.160 e. The Hall–Kier alpha value is -19.9. The monoisotopic (exact) mass is 1890 g/mol. The van der Waals surface area contributed by atoms with E-state index in [-0.39, 0.29) is 0 Å². The lowest BCUT2D eigenvalue weighted by atomic mass is 10.0. The highest BCUT2D eigenvalue weighted by Crippen LogP contribution is 2.43. The van der Waals surface area contributed by atoms with Crippen LogP contribution in [0.15, 0.2) is 558 Å². The minimum absolute atomic E-state index is 0.709. The molecule has 0 saturated heterocycles. The minimum Gasteiger partial charge on any atom is -0.309 e. The van der Waals surface area contributed by atoms with E-state index in [0.717, 1.165) is 135 Å². The van der Waals surface area contributed by atoms with Crippen LogP contribution >= 0.6 is 0 Å². The van der Waals surface area contributed by atoms with Crippen LogP contribution in [0.25, 0.3) is 256 Å². The summed E-state index contributed by atoms with van der Waals surface area (Å²) in [4.78, 5) is 30.1. The van der Waals surface area contributed by atoms with E-state index in [1.54, 1.807) is 0 Å². The molecule has 0 atom stereocenters. The van der Waals surface area contributed by atoms with Gasteiger partial charge >= 0.3 is 0 Å². The van der Waals surface area contributed by atoms with Crippen molar-refractivity contribution in [1.82, 2.24) is 48.2 Å². The first-order valence-electron chi connectivity index (χ1n) is 50.1. The Bertz CT molecular complexity index is 9290. The lowest BCUT2D eigenvalue weighted by molar-refractivity contribution is 1.13. The normalized spacial score (nSPS) is 11.4. The van der Waals surface area contributed by atoms with Gasteiger partial charge in [-0.05, 0) is 154 Å². The van der Waals surface area contributed by atoms with Gasteiger partial charge in [0.05, 0.1) is 78.3 Å². The third-order valence-electron chi connectivity index (χ3n) is 28.2. The third kappa shape index (κ3) is 17.0. The molecule has 0 N–H and O–H groups in total. The Kier molecular flexibility index (Phi) is 23.1. The van der Waals surface area contributed by atoms with E-state index < -0.39 is 0 Å². The van der Waals surface area contributed by atoms with Gasteiger partial charge in [-0.15, -0.1) is 0 Å². The molecule has 28 aromatic rings. The van der Waals surface area contributed by atoms with E-state index in [1.165, 1.54) is 109 Å². The summed E-state index contributed by atoms with van der Waals surface area (Å²) in [5.41, 5.74) is 38.1. The fourth-order valence-corrected chi connectivity index (χ4v) is 21.0. The molecule has 21 aromatic carbocycles. The number of hydrogen-bond acceptors (Lipinski definition) is 6. The maximum absolute atomic E-state index is 5.10. The molecule has 10 heteroatoms. The van der Waals surface area contributed by atoms with Crippen molar-refractivity contribution < 1.29 is 0 Å². The van der Waals surface area contributed by atoms with Crippen molar-refractivity contribution in [3.05, 3.63) is 558 Å². The molecule has 0 bridgehead atoms. The van der Waals surface area contributed by atoms with Crippen molar-refractivity contribution >= 4 is 87.2 Å². The molecule has 694 valence electrons. The van der Waals surface area contributed by atoms with Gasteiger partial charge in [0, 0.05) is 116 Å². The number of fused-ring (bicyclic) bond motifs is 12. The van der Waals surface area contributed by atoms with Gasteiger partial charge in [-0.2, -0.15) is 0 Å². The van der Waals surface area contributed by atoms with Crippen molar-refractivity contribution in [2.75, 3.05) is 0 Å². The molecule has 10 nitrogen and oxygen atoms in total. The standard InChI is InChI=1S/C52H34N4.C46H31N3.C40H27N3/c1-3-15-36(16-4-1)46-34-47(54-52(53-46)38-17-5-2-6-18-38)37-29-27-35(28-30-37)39-31-40(55-48-23-11-7-19-42(48)43-20-8-12-24-49(43)55)33-41(32-39)56-50-25-13-9-21-44(50)45-22-10-14-26-51(45)56;1-3-11-32(12-4-1)33-19-23-36(24-20-33)42-31-43(48-46(47-42)38-13-5-2-6-14-38)37-25-21-34(22-26-37)35-27-29-39(30-28-35)49-44-17-9-7-15-40(44)41-16-8-10-18-45(41)49;1-3-11-30(12-4-1)36-27-37(42-40(41-36)32-13-5-2-6-14-32)31-21-19-28(20-22-31)29-23-25-33(26-24-29)43-38-17-9-7-15-34(38)35-16-8-10-18-39(35)43/h1-34H;1-31H;1-27H. The summed E-state index contributed by atoms with van der Waals surface area (Å²) >= 11 is 0. The van der Waals surface area contributed by atoms with E-state index >= 15 is 0 Å². The summed E-state index contributed by atoms with van der Waals surface area (Å²) in [6.45, 7) is 0. The summed E-state index contributed by atoms with van der Waals surface area (Å²) in [6.07, 6.45) is 0. The minimum atomic E-state index is 0.709. The second kappa shape index (κ2) is 38.8. The Labute approximate surface area is 856 Å². The van der Waals surface area contributed by atoms with Crippen molar-refractivity contribution in [2.24, 2.45) is 0 Å². The second-order valence-electron chi connectivity index (χ2n) is 37.2. The van der Waals surface area contributed by atoms with Gasteiger partial charge in [-0.25, -0.2) is 29.9 Å². The van der Waals surface area contributed by atoms with Crippen LogP contribution in [0.2, 0.25) is 0 Å². The van der Waals surface area contributed by atoms with Gasteiger partial charge in [0.25, 0.3) is 0 Å². The van der Waals surface area contributed by atoms with Gasteiger partial charge in [-0.3, -0.25) is 0 Å². The van der Waals surface area contributed by atoms with Crippen molar-refractivity contribution in [1.29, 1.82) is 0 Å². The zero-order chi connectivity index (χ0) is 98.2. The molecule has 0 aliphatic carbocycles. The van der Waals surface area contributed by atoms with Crippen LogP contribution in [0, 0.1) is 0 Å². The number of nitrogens with zero attached hydrogens (tertiary/aromatic N) is 10. The van der Waals surface area contributed by atoms with Crippen LogP contribution in [-0.2, 0) is 0 Å². The van der Waals surface area contributed by atoms with Gasteiger partial charge in [0.15, 0.2) is 17.5 Å². The Morgan fingerprint density at radius 1 is 0.101 bits per heavy atom. The second-order valence-corrected chi connectivity index (χ2v) is 37.2. The van der Waals surface area contributed by atoms with E-state index in [1.807, 2.05) is 84.9 Å². The highest BCUT2D eigenvalue weighted by Gasteiger charge is 2.23. The molecule has 0 fully saturated rings. The number of aromatic nitrogens is 10. The number of rotatable bonds is 17. The van der Waals surface area contributed by atoms with Gasteiger partial charge in [0.2, 0.25) is 0 Å². The highest BCUT2D eigenvalue weighted by atomic mass is 15.0. The van der Waals surface area contributed by atoms with Crippen molar-refractivity contribution in [2.45, 2.75) is 0 Å². The first-order chi connectivity index (χ1) is 73.4. The zero-order valence-corrected chi connectivity index (χ0v) is 80.6. The molecule has 0 aliphatic heterocycles. The van der Waals surface area contributed by atoms with E-state index in [4.69, 9.17) is 29.9 Å². The fraction of sp³-hybridized carbons (Fsp3) is 0. The van der Waals surface area contributed by atoms with Gasteiger partial charge < -0.3 is 18.3 Å². The molecule has 7 aromatic heterocycles. The lowest BCUT2D eigenvalue weighted by Crippen LogP contribution is -2.00. The molecular weight excluding hydrogens is 1800 g/mol. The van der Waals surface area contributed by atoms with Crippen LogP contribution < -0.4 is 0 Å². The average molecular weight is 1890 g/mol. The summed E-state index contributed by atoms with van der Waals surface area (Å²) in [5, 5.41) is 10.0. The van der Waals surface area contributed by atoms with E-state index in [9.17, 15) is 0 Å². The zero-order valence-electron chi connectivity index (χ0n) is 80.6. The Morgan fingerprint density at radius 3 is 0.466 bits per heavy atom. The molecule has 0 saturated carbocycles. The summed E-state index contributed by atoms with van der Waals surface area (Å²) in [6, 6.07) is 197. The molecule has 0 aliphatic rings. The predicted molar refractivity (Wildman–Crippen MR) is 614 cm³/mol. The van der Waals surface area contributed by atoms with Crippen LogP contribution in [-0.4, -0.2) is 48.2 Å². The average Bonchev–Trinajstić information content (AvgIpc) is 1.60.